The van der Waals surface area contributed by atoms with E-state index in [0.717, 1.165) is 41.5 Å². The lowest BCUT2D eigenvalue weighted by Crippen LogP contribution is -2.28. The summed E-state index contributed by atoms with van der Waals surface area (Å²) in [4.78, 5) is 14.9. The van der Waals surface area contributed by atoms with E-state index in [1.807, 2.05) is 12.3 Å². The third-order valence-corrected chi connectivity index (χ3v) is 4.91. The second-order valence-corrected chi connectivity index (χ2v) is 6.48. The number of Topliss-reactive ketones (excluding diaryl/α,β-unsaturated/α-hetero) is 1. The van der Waals surface area contributed by atoms with Gasteiger partial charge in [0.2, 0.25) is 0 Å². The highest BCUT2D eigenvalue weighted by Gasteiger charge is 2.15. The highest BCUT2D eigenvalue weighted by atomic mass is 32.1. The minimum absolute atomic E-state index is 0.119. The Hall–Kier alpha value is -1.13. The Morgan fingerprint density at radius 2 is 2.00 bits per heavy atom. The number of thiophene rings is 1. The maximum Gasteiger partial charge on any atom is 0.171 e. The van der Waals surface area contributed by atoms with Crippen LogP contribution in [0.4, 0.5) is 5.69 Å². The summed E-state index contributed by atoms with van der Waals surface area (Å²) in [6, 6.07) is 0. The van der Waals surface area contributed by atoms with Crippen molar-refractivity contribution in [1.82, 2.24) is 4.90 Å². The van der Waals surface area contributed by atoms with Gasteiger partial charge in [-0.1, -0.05) is 19.4 Å². The Labute approximate surface area is 125 Å². The molecule has 4 heteroatoms. The number of rotatable bonds is 5. The number of nitrogens with zero attached hydrogens (tertiary/aromatic N) is 1. The van der Waals surface area contributed by atoms with Crippen LogP contribution in [0.5, 0.6) is 0 Å². The second kappa shape index (κ2) is 7.04. The molecule has 1 aliphatic rings. The number of carbonyl (C=O) groups excluding carboxylic acids is 1. The van der Waals surface area contributed by atoms with Crippen molar-refractivity contribution in [3.63, 3.8) is 0 Å². The molecule has 0 saturated carbocycles. The normalized spacial score (nSPS) is 16.7. The average molecular weight is 292 g/mol. The molecule has 0 radical (unpaired) electrons. The van der Waals surface area contributed by atoms with Gasteiger partial charge in [0.05, 0.1) is 10.6 Å². The summed E-state index contributed by atoms with van der Waals surface area (Å²) >= 11 is 1.51. The fraction of sp³-hybridized carbons (Fsp3) is 0.562. The van der Waals surface area contributed by atoms with Gasteiger partial charge < -0.3 is 5.32 Å². The van der Waals surface area contributed by atoms with Crippen molar-refractivity contribution in [2.45, 2.75) is 39.5 Å². The van der Waals surface area contributed by atoms with E-state index < -0.39 is 0 Å². The van der Waals surface area contributed by atoms with Crippen LogP contribution in [-0.4, -0.2) is 30.3 Å². The first-order chi connectivity index (χ1) is 9.58. The second-order valence-electron chi connectivity index (χ2n) is 5.60. The fourth-order valence-electron chi connectivity index (χ4n) is 2.64. The van der Waals surface area contributed by atoms with Gasteiger partial charge >= 0.3 is 0 Å². The van der Waals surface area contributed by atoms with Crippen LogP contribution in [0.2, 0.25) is 0 Å². The summed E-state index contributed by atoms with van der Waals surface area (Å²) in [5.41, 5.74) is 3.05. The Kier molecular flexibility index (Phi) is 5.38. The molecule has 1 aromatic heterocycles. The summed E-state index contributed by atoms with van der Waals surface area (Å²) in [5.74, 6) is 0.119. The van der Waals surface area contributed by atoms with Gasteiger partial charge in [0.25, 0.3) is 0 Å². The van der Waals surface area contributed by atoms with Crippen molar-refractivity contribution in [3.05, 3.63) is 28.1 Å². The number of hydrogen-bond acceptors (Lipinski definition) is 4. The van der Waals surface area contributed by atoms with Gasteiger partial charge in [-0.3, -0.25) is 9.69 Å². The fourth-order valence-corrected chi connectivity index (χ4v) is 3.55. The first-order valence-corrected chi connectivity index (χ1v) is 8.22. The molecule has 0 amide bonds. The minimum atomic E-state index is 0.119. The maximum absolute atomic E-state index is 11.6. The molecule has 0 aliphatic carbocycles. The molecule has 1 aromatic rings. The van der Waals surface area contributed by atoms with Crippen molar-refractivity contribution in [1.29, 1.82) is 0 Å². The summed E-state index contributed by atoms with van der Waals surface area (Å²) in [6.45, 7) is 11.0. The third-order valence-electron chi connectivity index (χ3n) is 3.71. The van der Waals surface area contributed by atoms with Crippen LogP contribution >= 0.6 is 11.3 Å². The zero-order chi connectivity index (χ0) is 14.5. The monoisotopic (exact) mass is 292 g/mol. The molecule has 2 heterocycles. The molecule has 1 saturated heterocycles. The molecule has 3 nitrogen and oxygen atoms in total. The molecule has 0 unspecified atom stereocenters. The molecular formula is C16H24N2OS. The molecule has 2 rings (SSSR count). The van der Waals surface area contributed by atoms with Crippen LogP contribution in [0.25, 0.3) is 0 Å². The van der Waals surface area contributed by atoms with E-state index in [4.69, 9.17) is 0 Å². The molecule has 0 spiro atoms. The van der Waals surface area contributed by atoms with Gasteiger partial charge in [0.15, 0.2) is 5.78 Å². The van der Waals surface area contributed by atoms with Crippen molar-refractivity contribution >= 4 is 22.8 Å². The van der Waals surface area contributed by atoms with Crippen molar-refractivity contribution in [2.24, 2.45) is 0 Å². The van der Waals surface area contributed by atoms with E-state index in [9.17, 15) is 4.79 Å². The largest absolute Gasteiger partial charge is 0.357 e. The van der Waals surface area contributed by atoms with Gasteiger partial charge in [-0.05, 0) is 43.8 Å². The molecule has 110 valence electrons. The van der Waals surface area contributed by atoms with Gasteiger partial charge in [-0.25, -0.2) is 0 Å². The zero-order valence-electron chi connectivity index (χ0n) is 12.5. The van der Waals surface area contributed by atoms with Crippen LogP contribution in [0.1, 0.15) is 47.8 Å². The summed E-state index contributed by atoms with van der Waals surface area (Å²) in [6.07, 6.45) is 5.25. The van der Waals surface area contributed by atoms with Gasteiger partial charge in [0, 0.05) is 19.2 Å². The Bertz CT molecular complexity index is 485. The van der Waals surface area contributed by atoms with Crippen LogP contribution in [-0.2, 0) is 0 Å². The quantitative estimate of drug-likeness (QED) is 0.831. The number of ketones is 1. The first-order valence-electron chi connectivity index (χ1n) is 7.34. The van der Waals surface area contributed by atoms with Crippen molar-refractivity contribution in [2.75, 3.05) is 25.0 Å². The maximum atomic E-state index is 11.6. The number of carbonyl (C=O) groups is 1. The van der Waals surface area contributed by atoms with E-state index in [1.54, 1.807) is 6.92 Å². The number of anilines is 1. The minimum Gasteiger partial charge on any atom is -0.357 e. The lowest BCUT2D eigenvalue weighted by molar-refractivity contribution is 0.102. The number of likely N-dealkylation sites (tertiary alicyclic amines) is 1. The molecule has 1 fully saturated rings. The van der Waals surface area contributed by atoms with Gasteiger partial charge in [0.1, 0.15) is 0 Å². The van der Waals surface area contributed by atoms with Crippen LogP contribution < -0.4 is 5.32 Å². The van der Waals surface area contributed by atoms with Crippen molar-refractivity contribution < 1.29 is 4.79 Å². The Balaban J connectivity index is 1.97. The molecule has 0 atom stereocenters. The van der Waals surface area contributed by atoms with Crippen LogP contribution in [0.15, 0.2) is 17.7 Å². The molecular weight excluding hydrogens is 268 g/mol. The first kappa shape index (κ1) is 15.3. The smallest absolute Gasteiger partial charge is 0.171 e. The van der Waals surface area contributed by atoms with Gasteiger partial charge in [-0.2, -0.15) is 0 Å². The third kappa shape index (κ3) is 3.93. The molecule has 0 bridgehead atoms. The van der Waals surface area contributed by atoms with Crippen molar-refractivity contribution in [3.8, 4) is 0 Å². The molecule has 20 heavy (non-hydrogen) atoms. The lowest BCUT2D eigenvalue weighted by atomic mass is 10.2. The van der Waals surface area contributed by atoms with E-state index in [1.165, 1.54) is 37.0 Å². The molecule has 1 N–H and O–H groups in total. The number of nitrogens with one attached hydrogen (secondary N) is 1. The Morgan fingerprint density at radius 1 is 1.35 bits per heavy atom. The van der Waals surface area contributed by atoms with Crippen LogP contribution in [0.3, 0.4) is 0 Å². The highest BCUT2D eigenvalue weighted by Crippen LogP contribution is 2.29. The van der Waals surface area contributed by atoms with E-state index in [-0.39, 0.29) is 5.78 Å². The average Bonchev–Trinajstić information content (AvgIpc) is 2.62. The number of hydrogen-bond donors (Lipinski definition) is 1. The summed E-state index contributed by atoms with van der Waals surface area (Å²) in [7, 11) is 0. The standard InChI is InChI=1S/C16H24N2OS/c1-12-11-20-16(14(3)19)15(12)17-13(2)10-18-8-6-4-5-7-9-18/h11,17H,2,4-10H2,1,3H3. The SMILES string of the molecule is C=C(CN1CCCCCC1)Nc1c(C)csc1C(C)=O. The number of aryl methyl sites for hydroxylation is 1. The molecule has 0 aromatic carbocycles. The highest BCUT2D eigenvalue weighted by molar-refractivity contribution is 7.12. The Morgan fingerprint density at radius 3 is 2.60 bits per heavy atom. The zero-order valence-corrected chi connectivity index (χ0v) is 13.3. The summed E-state index contributed by atoms with van der Waals surface area (Å²) in [5, 5.41) is 5.39. The molecule has 1 aliphatic heterocycles. The topological polar surface area (TPSA) is 32.3 Å². The predicted octanol–water partition coefficient (Wildman–Crippen LogP) is 4.06. The van der Waals surface area contributed by atoms with E-state index in [2.05, 4.69) is 16.8 Å². The van der Waals surface area contributed by atoms with Gasteiger partial charge in [-0.15, -0.1) is 11.3 Å². The van der Waals surface area contributed by atoms with E-state index >= 15 is 0 Å². The van der Waals surface area contributed by atoms with Crippen LogP contribution in [0, 0.1) is 6.92 Å². The summed E-state index contributed by atoms with van der Waals surface area (Å²) < 4.78 is 0. The lowest BCUT2D eigenvalue weighted by Gasteiger charge is -2.22. The van der Waals surface area contributed by atoms with E-state index in [0.29, 0.717) is 0 Å². The predicted molar refractivity (Wildman–Crippen MR) is 86.7 cm³/mol.